The van der Waals surface area contributed by atoms with Crippen LogP contribution in [-0.2, 0) is 12.7 Å². The van der Waals surface area contributed by atoms with Gasteiger partial charge in [-0.1, -0.05) is 6.92 Å². The van der Waals surface area contributed by atoms with Gasteiger partial charge in [0.1, 0.15) is 11.3 Å². The number of hydrogen-bond acceptors (Lipinski definition) is 3. The van der Waals surface area contributed by atoms with E-state index >= 15 is 0 Å². The summed E-state index contributed by atoms with van der Waals surface area (Å²) in [4.78, 5) is 25.4. The normalized spacial score (nSPS) is 17.4. The lowest BCUT2D eigenvalue weighted by Crippen LogP contribution is -2.39. The number of rotatable bonds is 4. The highest BCUT2D eigenvalue weighted by Gasteiger charge is 2.35. The van der Waals surface area contributed by atoms with Crippen LogP contribution in [0.5, 0.6) is 0 Å². The Balaban J connectivity index is 2.26. The van der Waals surface area contributed by atoms with Crippen molar-refractivity contribution in [1.82, 2.24) is 9.47 Å². The van der Waals surface area contributed by atoms with Crippen LogP contribution >= 0.6 is 0 Å². The zero-order valence-corrected chi connectivity index (χ0v) is 12.9. The molecule has 0 aliphatic carbocycles. The number of nitrogens with zero attached hydrogens (tertiary/aromatic N) is 2. The van der Waals surface area contributed by atoms with Gasteiger partial charge >= 0.3 is 6.18 Å². The molecule has 0 unspecified atom stereocenters. The number of likely N-dealkylation sites (tertiary alicyclic amines) is 1. The first-order chi connectivity index (χ1) is 10.7. The first kappa shape index (κ1) is 17.5. The Morgan fingerprint density at radius 1 is 1.26 bits per heavy atom. The summed E-state index contributed by atoms with van der Waals surface area (Å²) >= 11 is 0. The standard InChI is InChI=1S/C15H20F3N3O2/c1-10-4-6-20(7-5-10)8-9-21-12(15(16,17)18)3-2-11(13(19)22)14(21)23/h2-3,10H,4-9H2,1H3,(H2,19,22). The molecule has 0 aromatic carbocycles. The van der Waals surface area contributed by atoms with Gasteiger partial charge in [0.2, 0.25) is 0 Å². The minimum atomic E-state index is -4.66. The first-order valence-electron chi connectivity index (χ1n) is 7.53. The van der Waals surface area contributed by atoms with E-state index in [0.29, 0.717) is 17.0 Å². The fourth-order valence-corrected chi connectivity index (χ4v) is 2.76. The van der Waals surface area contributed by atoms with Crippen molar-refractivity contribution in [3.05, 3.63) is 33.7 Å². The minimum Gasteiger partial charge on any atom is -0.365 e. The minimum absolute atomic E-state index is 0.122. The van der Waals surface area contributed by atoms with Crippen LogP contribution in [-0.4, -0.2) is 35.0 Å². The highest BCUT2D eigenvalue weighted by molar-refractivity contribution is 5.92. The van der Waals surface area contributed by atoms with Crippen LogP contribution in [0, 0.1) is 5.92 Å². The van der Waals surface area contributed by atoms with Gasteiger partial charge in [0.25, 0.3) is 11.5 Å². The highest BCUT2D eigenvalue weighted by Crippen LogP contribution is 2.28. The Morgan fingerprint density at radius 3 is 2.39 bits per heavy atom. The molecule has 2 heterocycles. The molecule has 2 N–H and O–H groups in total. The highest BCUT2D eigenvalue weighted by atomic mass is 19.4. The molecular formula is C15H20F3N3O2. The Labute approximate surface area is 131 Å². The molecule has 5 nitrogen and oxygen atoms in total. The van der Waals surface area contributed by atoms with Gasteiger partial charge < -0.3 is 15.2 Å². The lowest BCUT2D eigenvalue weighted by molar-refractivity contribution is -0.144. The summed E-state index contributed by atoms with van der Waals surface area (Å²) in [5, 5.41) is 0. The Hall–Kier alpha value is -1.83. The second kappa shape index (κ2) is 6.74. The summed E-state index contributed by atoms with van der Waals surface area (Å²) in [5.74, 6) is -0.415. The van der Waals surface area contributed by atoms with Gasteiger partial charge in [0.15, 0.2) is 0 Å². The van der Waals surface area contributed by atoms with Gasteiger partial charge in [-0.25, -0.2) is 0 Å². The third-order valence-corrected chi connectivity index (χ3v) is 4.25. The molecule has 1 amide bonds. The Morgan fingerprint density at radius 2 is 1.87 bits per heavy atom. The van der Waals surface area contributed by atoms with Crippen molar-refractivity contribution >= 4 is 5.91 Å². The smallest absolute Gasteiger partial charge is 0.365 e. The fraction of sp³-hybridized carbons (Fsp3) is 0.600. The van der Waals surface area contributed by atoms with E-state index < -0.39 is 28.9 Å². The van der Waals surface area contributed by atoms with Crippen molar-refractivity contribution in [2.45, 2.75) is 32.5 Å². The van der Waals surface area contributed by atoms with Crippen molar-refractivity contribution in [1.29, 1.82) is 0 Å². The van der Waals surface area contributed by atoms with Crippen LogP contribution < -0.4 is 11.3 Å². The van der Waals surface area contributed by atoms with Crippen LogP contribution in [0.2, 0.25) is 0 Å². The Bertz CT molecular complexity index is 632. The lowest BCUT2D eigenvalue weighted by atomic mass is 9.99. The predicted octanol–water partition coefficient (Wildman–Crippen LogP) is 1.70. The second-order valence-electron chi connectivity index (χ2n) is 5.98. The molecule has 1 aliphatic heterocycles. The maximum absolute atomic E-state index is 13.1. The molecule has 1 saturated heterocycles. The van der Waals surface area contributed by atoms with Crippen molar-refractivity contribution in [2.75, 3.05) is 19.6 Å². The van der Waals surface area contributed by atoms with E-state index in [4.69, 9.17) is 5.73 Å². The predicted molar refractivity (Wildman–Crippen MR) is 79.1 cm³/mol. The average molecular weight is 331 g/mol. The number of hydrogen-bond donors (Lipinski definition) is 1. The van der Waals surface area contributed by atoms with E-state index in [-0.39, 0.29) is 6.54 Å². The Kier molecular flexibility index (Phi) is 5.13. The summed E-state index contributed by atoms with van der Waals surface area (Å²) in [5.41, 5.74) is 2.58. The number of nitrogens with two attached hydrogens (primary N) is 1. The third kappa shape index (κ3) is 4.13. The molecule has 0 saturated carbocycles. The fourth-order valence-electron chi connectivity index (χ4n) is 2.76. The summed E-state index contributed by atoms with van der Waals surface area (Å²) < 4.78 is 39.9. The quantitative estimate of drug-likeness (QED) is 0.913. The monoisotopic (exact) mass is 331 g/mol. The van der Waals surface area contributed by atoms with E-state index in [1.54, 1.807) is 0 Å². The van der Waals surface area contributed by atoms with Crippen LogP contribution in [0.25, 0.3) is 0 Å². The zero-order valence-electron chi connectivity index (χ0n) is 12.9. The molecule has 8 heteroatoms. The zero-order chi connectivity index (χ0) is 17.2. The van der Waals surface area contributed by atoms with Crippen molar-refractivity contribution in [3.63, 3.8) is 0 Å². The number of alkyl halides is 3. The number of pyridine rings is 1. The van der Waals surface area contributed by atoms with Gasteiger partial charge in [-0.15, -0.1) is 0 Å². The number of carbonyl (C=O) groups is 1. The molecule has 1 aromatic rings. The van der Waals surface area contributed by atoms with Gasteiger partial charge in [-0.3, -0.25) is 9.59 Å². The number of carbonyl (C=O) groups excluding carboxylic acids is 1. The van der Waals surface area contributed by atoms with E-state index in [9.17, 15) is 22.8 Å². The summed E-state index contributed by atoms with van der Waals surface area (Å²) in [6, 6.07) is 1.58. The molecule has 1 fully saturated rings. The molecule has 1 aliphatic rings. The van der Waals surface area contributed by atoms with Crippen molar-refractivity contribution in [3.8, 4) is 0 Å². The molecule has 1 aromatic heterocycles. The number of amides is 1. The summed E-state index contributed by atoms with van der Waals surface area (Å²) in [7, 11) is 0. The molecule has 0 spiro atoms. The van der Waals surface area contributed by atoms with Gasteiger partial charge in [-0.05, 0) is 44.0 Å². The number of halogens is 3. The molecule has 0 bridgehead atoms. The molecule has 2 rings (SSSR count). The molecule has 0 atom stereocenters. The maximum Gasteiger partial charge on any atom is 0.431 e. The number of primary amides is 1. The topological polar surface area (TPSA) is 68.3 Å². The van der Waals surface area contributed by atoms with E-state index in [0.717, 1.165) is 38.1 Å². The van der Waals surface area contributed by atoms with E-state index in [2.05, 4.69) is 6.92 Å². The van der Waals surface area contributed by atoms with Crippen molar-refractivity contribution < 1.29 is 18.0 Å². The maximum atomic E-state index is 13.1. The van der Waals surface area contributed by atoms with Crippen LogP contribution in [0.15, 0.2) is 16.9 Å². The first-order valence-corrected chi connectivity index (χ1v) is 7.53. The van der Waals surface area contributed by atoms with Gasteiger partial charge in [0, 0.05) is 13.1 Å². The molecule has 128 valence electrons. The second-order valence-corrected chi connectivity index (χ2v) is 5.98. The van der Waals surface area contributed by atoms with Gasteiger partial charge in [0.05, 0.1) is 0 Å². The SMILES string of the molecule is CC1CCN(CCn2c(C(F)(F)F)ccc(C(N)=O)c2=O)CC1. The van der Waals surface area contributed by atoms with Crippen LogP contribution in [0.1, 0.15) is 35.8 Å². The van der Waals surface area contributed by atoms with Crippen molar-refractivity contribution in [2.24, 2.45) is 11.7 Å². The van der Waals surface area contributed by atoms with Crippen LogP contribution in [0.4, 0.5) is 13.2 Å². The van der Waals surface area contributed by atoms with Crippen LogP contribution in [0.3, 0.4) is 0 Å². The van der Waals surface area contributed by atoms with E-state index in [1.807, 2.05) is 4.90 Å². The summed E-state index contributed by atoms with van der Waals surface area (Å²) in [6.45, 7) is 3.95. The lowest BCUT2D eigenvalue weighted by Gasteiger charge is -2.30. The molecule has 23 heavy (non-hydrogen) atoms. The third-order valence-electron chi connectivity index (χ3n) is 4.25. The number of piperidine rings is 1. The van der Waals surface area contributed by atoms with E-state index in [1.165, 1.54) is 0 Å². The molecule has 0 radical (unpaired) electrons. The molecular weight excluding hydrogens is 311 g/mol. The average Bonchev–Trinajstić information content (AvgIpc) is 2.46. The largest absolute Gasteiger partial charge is 0.431 e. The van der Waals surface area contributed by atoms with Gasteiger partial charge in [-0.2, -0.15) is 13.2 Å². The number of aromatic nitrogens is 1. The summed E-state index contributed by atoms with van der Waals surface area (Å²) in [6.07, 6.45) is -2.68.